The van der Waals surface area contributed by atoms with Crippen molar-refractivity contribution in [3.05, 3.63) is 47.5 Å². The molecule has 1 aliphatic carbocycles. The fraction of sp³-hybridized carbons (Fsp3) is 0.400. The number of nitrogens with zero attached hydrogens (tertiary/aromatic N) is 1. The van der Waals surface area contributed by atoms with Crippen molar-refractivity contribution < 1.29 is 21.6 Å². The van der Waals surface area contributed by atoms with Crippen molar-refractivity contribution in [2.45, 2.75) is 35.1 Å². The van der Waals surface area contributed by atoms with E-state index in [0.29, 0.717) is 18.2 Å². The molecule has 9 heteroatoms. The van der Waals surface area contributed by atoms with Gasteiger partial charge in [-0.25, -0.2) is 16.8 Å². The zero-order valence-electron chi connectivity index (χ0n) is 17.0. The van der Waals surface area contributed by atoms with Gasteiger partial charge in [0.05, 0.1) is 17.7 Å². The number of methoxy groups -OCH3 is 1. The lowest BCUT2D eigenvalue weighted by Gasteiger charge is -2.32. The van der Waals surface area contributed by atoms with Gasteiger partial charge >= 0.3 is 0 Å². The second kappa shape index (κ2) is 7.97. The van der Waals surface area contributed by atoms with Crippen molar-refractivity contribution in [1.29, 1.82) is 0 Å². The zero-order valence-corrected chi connectivity index (χ0v) is 18.6. The Kier molecular flexibility index (Phi) is 5.93. The van der Waals surface area contributed by atoms with Crippen LogP contribution in [0.2, 0.25) is 0 Å². The molecule has 2 aromatic carbocycles. The topological polar surface area (TPSA) is 92.8 Å². The fourth-order valence-corrected chi connectivity index (χ4v) is 6.46. The molecule has 29 heavy (non-hydrogen) atoms. The maximum Gasteiger partial charge on any atom is 0.263 e. The molecule has 1 unspecified atom stereocenters. The van der Waals surface area contributed by atoms with Gasteiger partial charge in [0.2, 0.25) is 0 Å². The zero-order chi connectivity index (χ0) is 21.4. The van der Waals surface area contributed by atoms with Crippen molar-refractivity contribution in [3.63, 3.8) is 0 Å². The van der Waals surface area contributed by atoms with E-state index < -0.39 is 19.9 Å². The van der Waals surface area contributed by atoms with Crippen molar-refractivity contribution >= 4 is 25.5 Å². The fourth-order valence-electron chi connectivity index (χ4n) is 3.74. The largest absolute Gasteiger partial charge is 0.496 e. The summed E-state index contributed by atoms with van der Waals surface area (Å²) in [6, 6.07) is 9.38. The lowest BCUT2D eigenvalue weighted by atomic mass is 9.86. The second-order valence-electron chi connectivity index (χ2n) is 7.46. The minimum Gasteiger partial charge on any atom is -0.496 e. The predicted octanol–water partition coefficient (Wildman–Crippen LogP) is 2.32. The number of likely N-dealkylation sites (N-methyl/N-ethyl adjacent to an activating group) is 1. The van der Waals surface area contributed by atoms with E-state index in [1.165, 1.54) is 24.3 Å². The number of anilines is 1. The molecule has 158 valence electrons. The van der Waals surface area contributed by atoms with Crippen LogP contribution < -0.4 is 9.46 Å². The summed E-state index contributed by atoms with van der Waals surface area (Å²) in [6.45, 7) is 0. The number of ether oxygens (including phenoxy) is 1. The monoisotopic (exact) mass is 438 g/mol. The Balaban J connectivity index is 2.05. The normalized spacial score (nSPS) is 17.1. The molecule has 0 saturated carbocycles. The van der Waals surface area contributed by atoms with Gasteiger partial charge in [-0.3, -0.25) is 4.72 Å². The standard InChI is InChI=1S/C20H26N2O5S2/c1-22(2)14-9-10-15-16(13-14)18(27-3)12-11-17(15)21-29(25,26)20-8-6-5-7-19(20)28(4,23)24/h5-8,11-12,14,21H,9-10,13H2,1-4H3. The molecule has 1 N–H and O–H groups in total. The van der Waals surface area contributed by atoms with E-state index in [1.807, 2.05) is 14.1 Å². The quantitative estimate of drug-likeness (QED) is 0.744. The third kappa shape index (κ3) is 4.41. The molecule has 1 atom stereocenters. The number of benzene rings is 2. The Bertz CT molecular complexity index is 1130. The number of sulfone groups is 1. The first-order valence-corrected chi connectivity index (χ1v) is 12.6. The first kappa shape index (κ1) is 21.6. The predicted molar refractivity (Wildman–Crippen MR) is 113 cm³/mol. The van der Waals surface area contributed by atoms with E-state index in [9.17, 15) is 16.8 Å². The van der Waals surface area contributed by atoms with Crippen LogP contribution in [0.15, 0.2) is 46.2 Å². The molecule has 0 spiro atoms. The van der Waals surface area contributed by atoms with E-state index in [0.717, 1.165) is 36.0 Å². The van der Waals surface area contributed by atoms with Gasteiger partial charge in [-0.15, -0.1) is 0 Å². The SMILES string of the molecule is COc1ccc(NS(=O)(=O)c2ccccc2S(C)(=O)=O)c2c1CC(N(C)C)CC2. The van der Waals surface area contributed by atoms with E-state index in [1.54, 1.807) is 19.2 Å². The Labute approximate surface area is 172 Å². The first-order chi connectivity index (χ1) is 13.5. The molecule has 3 rings (SSSR count). The van der Waals surface area contributed by atoms with Crippen LogP contribution >= 0.6 is 0 Å². The van der Waals surface area contributed by atoms with Crippen molar-refractivity contribution in [2.24, 2.45) is 0 Å². The highest BCUT2D eigenvalue weighted by molar-refractivity contribution is 7.95. The van der Waals surface area contributed by atoms with Crippen molar-refractivity contribution in [2.75, 3.05) is 32.2 Å². The summed E-state index contributed by atoms with van der Waals surface area (Å²) in [7, 11) is -2.14. The van der Waals surface area contributed by atoms with Gasteiger partial charge in [0.1, 0.15) is 10.6 Å². The third-order valence-electron chi connectivity index (χ3n) is 5.29. The van der Waals surface area contributed by atoms with E-state index in [2.05, 4.69) is 9.62 Å². The van der Waals surface area contributed by atoms with Crippen LogP contribution in [-0.2, 0) is 32.7 Å². The van der Waals surface area contributed by atoms with Crippen molar-refractivity contribution in [3.8, 4) is 5.75 Å². The minimum absolute atomic E-state index is 0.220. The molecule has 0 heterocycles. The number of nitrogens with one attached hydrogen (secondary N) is 1. The van der Waals surface area contributed by atoms with E-state index >= 15 is 0 Å². The molecule has 1 aliphatic rings. The summed E-state index contributed by atoms with van der Waals surface area (Å²) in [5.74, 6) is 0.728. The van der Waals surface area contributed by atoms with Gasteiger partial charge in [-0.1, -0.05) is 12.1 Å². The smallest absolute Gasteiger partial charge is 0.263 e. The summed E-state index contributed by atoms with van der Waals surface area (Å²) in [5.41, 5.74) is 2.33. The van der Waals surface area contributed by atoms with E-state index in [4.69, 9.17) is 4.74 Å². The molecule has 7 nitrogen and oxygen atoms in total. The molecular weight excluding hydrogens is 412 g/mol. The minimum atomic E-state index is -4.09. The van der Waals surface area contributed by atoms with Gasteiger partial charge < -0.3 is 9.64 Å². The van der Waals surface area contributed by atoms with E-state index in [-0.39, 0.29) is 9.79 Å². The molecule has 2 aromatic rings. The third-order valence-corrected chi connectivity index (χ3v) is 8.00. The summed E-state index contributed by atoms with van der Waals surface area (Å²) in [6.07, 6.45) is 3.34. The van der Waals surface area contributed by atoms with Gasteiger partial charge in [-0.05, 0) is 63.2 Å². The lowest BCUT2D eigenvalue weighted by Crippen LogP contribution is -2.34. The van der Waals surface area contributed by atoms with Crippen molar-refractivity contribution in [1.82, 2.24) is 4.90 Å². The summed E-state index contributed by atoms with van der Waals surface area (Å²) in [5, 5.41) is 0. The molecule has 0 amide bonds. The molecule has 0 aromatic heterocycles. The van der Waals surface area contributed by atoms with Gasteiger partial charge in [0.25, 0.3) is 10.0 Å². The maximum atomic E-state index is 13.1. The number of sulfonamides is 1. The van der Waals surface area contributed by atoms with Gasteiger partial charge in [-0.2, -0.15) is 0 Å². The Morgan fingerprint density at radius 1 is 1.00 bits per heavy atom. The van der Waals surface area contributed by atoms with Crippen LogP contribution in [-0.4, -0.2) is 55.2 Å². The van der Waals surface area contributed by atoms with Crippen LogP contribution in [0.3, 0.4) is 0 Å². The Hall–Kier alpha value is -2.10. The molecule has 0 radical (unpaired) electrons. The number of hydrogen-bond acceptors (Lipinski definition) is 6. The number of hydrogen-bond donors (Lipinski definition) is 1. The summed E-state index contributed by atoms with van der Waals surface area (Å²) < 4.78 is 58.4. The molecule has 0 aliphatic heterocycles. The van der Waals surface area contributed by atoms with Crippen LogP contribution in [0.4, 0.5) is 5.69 Å². The maximum absolute atomic E-state index is 13.1. The highest BCUT2D eigenvalue weighted by Crippen LogP contribution is 2.37. The van der Waals surface area contributed by atoms with Crippen LogP contribution in [0.25, 0.3) is 0 Å². The average molecular weight is 439 g/mol. The highest BCUT2D eigenvalue weighted by Gasteiger charge is 2.28. The van der Waals surface area contributed by atoms with Crippen LogP contribution in [0.1, 0.15) is 17.5 Å². The van der Waals surface area contributed by atoms with Gasteiger partial charge in [0.15, 0.2) is 9.84 Å². The Morgan fingerprint density at radius 3 is 2.24 bits per heavy atom. The molecule has 0 saturated heterocycles. The van der Waals surface area contributed by atoms with Crippen LogP contribution in [0, 0.1) is 0 Å². The first-order valence-electron chi connectivity index (χ1n) is 9.21. The molecular formula is C20H26N2O5S2. The number of rotatable bonds is 6. The summed E-state index contributed by atoms with van der Waals surface area (Å²) >= 11 is 0. The second-order valence-corrected chi connectivity index (χ2v) is 11.1. The van der Waals surface area contributed by atoms with Gasteiger partial charge in [0, 0.05) is 17.9 Å². The lowest BCUT2D eigenvalue weighted by molar-refractivity contribution is 0.265. The molecule has 0 bridgehead atoms. The van der Waals surface area contributed by atoms with Crippen LogP contribution in [0.5, 0.6) is 5.75 Å². The highest BCUT2D eigenvalue weighted by atomic mass is 32.2. The average Bonchev–Trinajstić information content (AvgIpc) is 2.67. The molecule has 0 fully saturated rings. The Morgan fingerprint density at radius 2 is 1.66 bits per heavy atom. The summed E-state index contributed by atoms with van der Waals surface area (Å²) in [4.78, 5) is 1.68. The number of fused-ring (bicyclic) bond motifs is 1.